The van der Waals surface area contributed by atoms with E-state index in [1.165, 1.54) is 26.2 Å². The highest BCUT2D eigenvalue weighted by atomic mass is 16.5. The molecule has 0 radical (unpaired) electrons. The summed E-state index contributed by atoms with van der Waals surface area (Å²) in [5, 5.41) is 2.66. The van der Waals surface area contributed by atoms with E-state index in [9.17, 15) is 9.59 Å². The first-order valence-electron chi connectivity index (χ1n) is 7.61. The van der Waals surface area contributed by atoms with Gasteiger partial charge in [-0.05, 0) is 44.0 Å². The third-order valence-corrected chi connectivity index (χ3v) is 3.21. The number of amides is 1. The maximum Gasteiger partial charge on any atom is 0.338 e. The van der Waals surface area contributed by atoms with Crippen LogP contribution in [-0.4, -0.2) is 18.0 Å². The minimum atomic E-state index is -0.313. The lowest BCUT2D eigenvalue weighted by molar-refractivity contribution is -0.114. The van der Waals surface area contributed by atoms with Gasteiger partial charge in [-0.2, -0.15) is 0 Å². The van der Waals surface area contributed by atoms with Crippen molar-refractivity contribution in [2.45, 2.75) is 59.0 Å². The molecular formula is C17H25NO3. The van der Waals surface area contributed by atoms with Crippen molar-refractivity contribution in [3.05, 3.63) is 29.8 Å². The summed E-state index contributed by atoms with van der Waals surface area (Å²) in [6.45, 7) is 5.55. The molecule has 4 heteroatoms. The molecule has 0 saturated heterocycles. The lowest BCUT2D eigenvalue weighted by atomic mass is 10.1. The second-order valence-corrected chi connectivity index (χ2v) is 5.32. The standard InChI is InChI=1S/C17H25NO3/c1-4-5-6-7-8-13(2)21-17(20)15-9-11-16(12-10-15)18-14(3)19/h9-13H,4-8H2,1-3H3,(H,18,19). The Morgan fingerprint density at radius 1 is 1.14 bits per heavy atom. The fourth-order valence-electron chi connectivity index (χ4n) is 2.06. The van der Waals surface area contributed by atoms with E-state index < -0.39 is 0 Å². The summed E-state index contributed by atoms with van der Waals surface area (Å²) in [6.07, 6.45) is 5.54. The summed E-state index contributed by atoms with van der Waals surface area (Å²) in [5.41, 5.74) is 1.18. The van der Waals surface area contributed by atoms with Crippen LogP contribution in [0.4, 0.5) is 5.69 Å². The van der Waals surface area contributed by atoms with Crippen molar-refractivity contribution in [2.24, 2.45) is 0 Å². The Kier molecular flexibility index (Phi) is 7.51. The molecule has 0 saturated carbocycles. The smallest absolute Gasteiger partial charge is 0.338 e. The first kappa shape index (κ1) is 17.2. The molecule has 1 rings (SSSR count). The molecule has 0 fully saturated rings. The van der Waals surface area contributed by atoms with Gasteiger partial charge in [0, 0.05) is 12.6 Å². The van der Waals surface area contributed by atoms with Gasteiger partial charge in [0.15, 0.2) is 0 Å². The zero-order chi connectivity index (χ0) is 15.7. The number of rotatable bonds is 8. The fraction of sp³-hybridized carbons (Fsp3) is 0.529. The van der Waals surface area contributed by atoms with E-state index in [1.54, 1.807) is 24.3 Å². The normalized spacial score (nSPS) is 11.8. The number of hydrogen-bond acceptors (Lipinski definition) is 3. The van der Waals surface area contributed by atoms with Crippen LogP contribution >= 0.6 is 0 Å². The Balaban J connectivity index is 2.42. The average molecular weight is 291 g/mol. The van der Waals surface area contributed by atoms with Crippen LogP contribution in [-0.2, 0) is 9.53 Å². The number of carbonyl (C=O) groups excluding carboxylic acids is 2. The summed E-state index contributed by atoms with van der Waals surface area (Å²) in [5.74, 6) is -0.446. The van der Waals surface area contributed by atoms with Crippen molar-refractivity contribution in [3.8, 4) is 0 Å². The number of hydrogen-bond donors (Lipinski definition) is 1. The molecule has 1 aromatic rings. The number of unbranched alkanes of at least 4 members (excludes halogenated alkanes) is 3. The SMILES string of the molecule is CCCCCCC(C)OC(=O)c1ccc(NC(C)=O)cc1. The molecule has 4 nitrogen and oxygen atoms in total. The van der Waals surface area contributed by atoms with E-state index in [4.69, 9.17) is 4.74 Å². The number of anilines is 1. The zero-order valence-corrected chi connectivity index (χ0v) is 13.1. The number of ether oxygens (including phenoxy) is 1. The highest BCUT2D eigenvalue weighted by molar-refractivity contribution is 5.92. The minimum absolute atomic E-state index is 0.0654. The molecule has 0 aliphatic carbocycles. The van der Waals surface area contributed by atoms with Gasteiger partial charge in [-0.1, -0.05) is 26.2 Å². The lowest BCUT2D eigenvalue weighted by Crippen LogP contribution is -2.15. The van der Waals surface area contributed by atoms with Crippen LogP contribution in [0.5, 0.6) is 0 Å². The van der Waals surface area contributed by atoms with Crippen molar-refractivity contribution in [1.29, 1.82) is 0 Å². The highest BCUT2D eigenvalue weighted by Crippen LogP contribution is 2.13. The second kappa shape index (κ2) is 9.16. The first-order valence-corrected chi connectivity index (χ1v) is 7.61. The van der Waals surface area contributed by atoms with Crippen LogP contribution in [0.2, 0.25) is 0 Å². The molecule has 1 atom stereocenters. The average Bonchev–Trinajstić information content (AvgIpc) is 2.43. The number of nitrogens with one attached hydrogen (secondary N) is 1. The van der Waals surface area contributed by atoms with E-state index in [0.717, 1.165) is 12.8 Å². The molecule has 0 heterocycles. The maximum atomic E-state index is 12.0. The van der Waals surface area contributed by atoms with Gasteiger partial charge >= 0.3 is 5.97 Å². The van der Waals surface area contributed by atoms with Crippen LogP contribution in [0, 0.1) is 0 Å². The van der Waals surface area contributed by atoms with E-state index in [-0.39, 0.29) is 18.0 Å². The van der Waals surface area contributed by atoms with Gasteiger partial charge < -0.3 is 10.1 Å². The fourth-order valence-corrected chi connectivity index (χ4v) is 2.06. The summed E-state index contributed by atoms with van der Waals surface area (Å²) < 4.78 is 5.41. The van der Waals surface area contributed by atoms with Crippen LogP contribution in [0.1, 0.15) is 63.2 Å². The van der Waals surface area contributed by atoms with E-state index >= 15 is 0 Å². The minimum Gasteiger partial charge on any atom is -0.459 e. The number of carbonyl (C=O) groups is 2. The van der Waals surface area contributed by atoms with E-state index in [0.29, 0.717) is 11.3 Å². The van der Waals surface area contributed by atoms with Crippen molar-refractivity contribution >= 4 is 17.6 Å². The Morgan fingerprint density at radius 3 is 2.38 bits per heavy atom. The maximum absolute atomic E-state index is 12.0. The van der Waals surface area contributed by atoms with Crippen LogP contribution in [0.3, 0.4) is 0 Å². The largest absolute Gasteiger partial charge is 0.459 e. The Hall–Kier alpha value is -1.84. The highest BCUT2D eigenvalue weighted by Gasteiger charge is 2.11. The predicted molar refractivity (Wildman–Crippen MR) is 84.4 cm³/mol. The first-order chi connectivity index (χ1) is 10.0. The lowest BCUT2D eigenvalue weighted by Gasteiger charge is -2.13. The third-order valence-electron chi connectivity index (χ3n) is 3.21. The molecule has 0 bridgehead atoms. The molecule has 0 aliphatic heterocycles. The van der Waals surface area contributed by atoms with Gasteiger partial charge in [-0.3, -0.25) is 4.79 Å². The molecule has 1 unspecified atom stereocenters. The van der Waals surface area contributed by atoms with Crippen LogP contribution in [0.25, 0.3) is 0 Å². The number of benzene rings is 1. The van der Waals surface area contributed by atoms with Crippen molar-refractivity contribution in [2.75, 3.05) is 5.32 Å². The molecule has 1 aromatic carbocycles. The molecule has 116 valence electrons. The Labute approximate surface area is 126 Å². The molecule has 0 spiro atoms. The zero-order valence-electron chi connectivity index (χ0n) is 13.1. The summed E-state index contributed by atoms with van der Waals surface area (Å²) in [4.78, 5) is 22.9. The van der Waals surface area contributed by atoms with E-state index in [2.05, 4.69) is 12.2 Å². The topological polar surface area (TPSA) is 55.4 Å². The van der Waals surface area contributed by atoms with Gasteiger partial charge in [0.05, 0.1) is 11.7 Å². The van der Waals surface area contributed by atoms with Crippen molar-refractivity contribution < 1.29 is 14.3 Å². The van der Waals surface area contributed by atoms with Crippen LogP contribution in [0.15, 0.2) is 24.3 Å². The molecule has 21 heavy (non-hydrogen) atoms. The van der Waals surface area contributed by atoms with Crippen molar-refractivity contribution in [1.82, 2.24) is 0 Å². The van der Waals surface area contributed by atoms with Gasteiger partial charge in [0.25, 0.3) is 0 Å². The Morgan fingerprint density at radius 2 is 1.81 bits per heavy atom. The quantitative estimate of drug-likeness (QED) is 0.578. The third kappa shape index (κ3) is 6.93. The van der Waals surface area contributed by atoms with Gasteiger partial charge in [0.2, 0.25) is 5.91 Å². The molecule has 1 amide bonds. The molecule has 0 aliphatic rings. The van der Waals surface area contributed by atoms with Gasteiger partial charge in [-0.15, -0.1) is 0 Å². The van der Waals surface area contributed by atoms with Crippen molar-refractivity contribution in [3.63, 3.8) is 0 Å². The summed E-state index contributed by atoms with van der Waals surface area (Å²) in [6, 6.07) is 6.72. The number of esters is 1. The van der Waals surface area contributed by atoms with Crippen LogP contribution < -0.4 is 5.32 Å². The summed E-state index contributed by atoms with van der Waals surface area (Å²) >= 11 is 0. The second-order valence-electron chi connectivity index (χ2n) is 5.32. The predicted octanol–water partition coefficient (Wildman–Crippen LogP) is 4.16. The molecule has 0 aromatic heterocycles. The molecular weight excluding hydrogens is 266 g/mol. The van der Waals surface area contributed by atoms with E-state index in [1.807, 2.05) is 6.92 Å². The van der Waals surface area contributed by atoms with Gasteiger partial charge in [0.1, 0.15) is 0 Å². The summed E-state index contributed by atoms with van der Waals surface area (Å²) in [7, 11) is 0. The Bertz CT molecular complexity index is 454. The monoisotopic (exact) mass is 291 g/mol. The van der Waals surface area contributed by atoms with Gasteiger partial charge in [-0.25, -0.2) is 4.79 Å². The molecule has 1 N–H and O–H groups in total.